The molecule has 1 aliphatic carbocycles. The molecular formula is C22H25N3O3S. The molecule has 6 nitrogen and oxygen atoms in total. The number of hydrogen-bond donors (Lipinski definition) is 2. The number of hydrogen-bond acceptors (Lipinski definition) is 5. The average Bonchev–Trinajstić information content (AvgIpc) is 3.04. The Bertz CT molecular complexity index is 986. The zero-order chi connectivity index (χ0) is 20.8. The van der Waals surface area contributed by atoms with Crippen molar-refractivity contribution in [2.75, 3.05) is 5.32 Å². The first-order valence-corrected chi connectivity index (χ1v) is 10.7. The lowest BCUT2D eigenvalue weighted by atomic mass is 9.72. The summed E-state index contributed by atoms with van der Waals surface area (Å²) >= 11 is 1.71. The number of carbonyl (C=O) groups excluding carboxylic acids is 1. The van der Waals surface area contributed by atoms with E-state index in [1.807, 2.05) is 12.2 Å². The molecule has 1 aromatic heterocycles. The molecule has 0 unspecified atom stereocenters. The number of amides is 1. The number of nitro benzene ring substituents is 1. The summed E-state index contributed by atoms with van der Waals surface area (Å²) in [5.74, 6) is 0.611. The number of anilines is 1. The smallest absolute Gasteiger partial charge is 0.269 e. The Labute approximate surface area is 174 Å². The molecule has 0 bridgehead atoms. The minimum atomic E-state index is -0.416. The van der Waals surface area contributed by atoms with E-state index in [9.17, 15) is 14.9 Å². The van der Waals surface area contributed by atoms with Crippen LogP contribution in [0.3, 0.4) is 0 Å². The highest BCUT2D eigenvalue weighted by Crippen LogP contribution is 2.45. The third kappa shape index (κ3) is 3.92. The summed E-state index contributed by atoms with van der Waals surface area (Å²) in [5.41, 5.74) is 3.21. The van der Waals surface area contributed by atoms with Gasteiger partial charge in [0.05, 0.1) is 10.5 Å². The molecule has 0 radical (unpaired) electrons. The fourth-order valence-electron chi connectivity index (χ4n) is 4.07. The number of thiophene rings is 1. The van der Waals surface area contributed by atoms with Crippen LogP contribution in [0.4, 0.5) is 10.7 Å². The third-order valence-corrected chi connectivity index (χ3v) is 7.06. The van der Waals surface area contributed by atoms with Crippen LogP contribution >= 0.6 is 11.3 Å². The minimum Gasteiger partial charge on any atom is -0.353 e. The molecule has 152 valence electrons. The number of nitrogens with zero attached hydrogens (tertiary/aromatic N) is 1. The van der Waals surface area contributed by atoms with Crippen molar-refractivity contribution in [1.82, 2.24) is 5.32 Å². The van der Waals surface area contributed by atoms with Crippen LogP contribution in [0.1, 0.15) is 53.6 Å². The molecule has 0 saturated heterocycles. The van der Waals surface area contributed by atoms with Crippen LogP contribution in [0.2, 0.25) is 0 Å². The van der Waals surface area contributed by atoms with Crippen LogP contribution in [0.25, 0.3) is 6.08 Å². The quantitative estimate of drug-likeness (QED) is 0.550. The van der Waals surface area contributed by atoms with Crippen molar-refractivity contribution in [3.63, 3.8) is 0 Å². The molecular weight excluding hydrogens is 386 g/mol. The van der Waals surface area contributed by atoms with Crippen molar-refractivity contribution < 1.29 is 9.72 Å². The summed E-state index contributed by atoms with van der Waals surface area (Å²) in [6, 6.07) is 6.34. The van der Waals surface area contributed by atoms with Gasteiger partial charge in [-0.15, -0.1) is 11.3 Å². The van der Waals surface area contributed by atoms with E-state index in [-0.39, 0.29) is 23.2 Å². The molecule has 0 saturated carbocycles. The van der Waals surface area contributed by atoms with Crippen molar-refractivity contribution in [3.8, 4) is 0 Å². The lowest BCUT2D eigenvalue weighted by Crippen LogP contribution is -2.43. The number of carbonyl (C=O) groups is 1. The predicted octanol–water partition coefficient (Wildman–Crippen LogP) is 5.00. The normalized spacial score (nSPS) is 21.3. The van der Waals surface area contributed by atoms with Gasteiger partial charge in [-0.2, -0.15) is 0 Å². The minimum absolute atomic E-state index is 0.0243. The van der Waals surface area contributed by atoms with Gasteiger partial charge in [-0.25, -0.2) is 0 Å². The van der Waals surface area contributed by atoms with E-state index < -0.39 is 4.92 Å². The Morgan fingerprint density at radius 3 is 2.59 bits per heavy atom. The lowest BCUT2D eigenvalue weighted by Gasteiger charge is -2.34. The maximum Gasteiger partial charge on any atom is 0.269 e. The van der Waals surface area contributed by atoms with Gasteiger partial charge >= 0.3 is 0 Å². The van der Waals surface area contributed by atoms with Gasteiger partial charge in [-0.1, -0.05) is 26.8 Å². The van der Waals surface area contributed by atoms with E-state index in [0.717, 1.165) is 35.4 Å². The van der Waals surface area contributed by atoms with Crippen LogP contribution in [0.5, 0.6) is 0 Å². The van der Waals surface area contributed by atoms with Gasteiger partial charge < -0.3 is 10.6 Å². The Balaban J connectivity index is 1.51. The van der Waals surface area contributed by atoms with E-state index >= 15 is 0 Å². The Kier molecular flexibility index (Phi) is 4.94. The second kappa shape index (κ2) is 7.30. The van der Waals surface area contributed by atoms with Crippen LogP contribution in [-0.4, -0.2) is 17.0 Å². The van der Waals surface area contributed by atoms with Gasteiger partial charge in [0, 0.05) is 17.0 Å². The van der Waals surface area contributed by atoms with Crippen LogP contribution < -0.4 is 10.6 Å². The molecule has 1 aromatic carbocycles. The molecule has 0 spiro atoms. The Hall–Kier alpha value is -2.67. The van der Waals surface area contributed by atoms with Gasteiger partial charge in [0.25, 0.3) is 11.6 Å². The van der Waals surface area contributed by atoms with Gasteiger partial charge in [0.1, 0.15) is 11.2 Å². The van der Waals surface area contributed by atoms with Crippen LogP contribution in [-0.2, 0) is 12.8 Å². The molecule has 1 aliphatic heterocycles. The molecule has 7 heteroatoms. The van der Waals surface area contributed by atoms with E-state index in [0.29, 0.717) is 5.92 Å². The summed E-state index contributed by atoms with van der Waals surface area (Å²) < 4.78 is 0. The Morgan fingerprint density at radius 2 is 1.93 bits per heavy atom. The highest BCUT2D eigenvalue weighted by molar-refractivity contribution is 7.16. The molecule has 4 rings (SSSR count). The fraction of sp³-hybridized carbons (Fsp3) is 0.409. The first-order valence-electron chi connectivity index (χ1n) is 9.87. The van der Waals surface area contributed by atoms with Gasteiger partial charge in [0.15, 0.2) is 0 Å². The molecule has 2 heterocycles. The molecule has 29 heavy (non-hydrogen) atoms. The van der Waals surface area contributed by atoms with E-state index in [1.165, 1.54) is 22.6 Å². The van der Waals surface area contributed by atoms with Gasteiger partial charge in [-0.3, -0.25) is 14.9 Å². The summed E-state index contributed by atoms with van der Waals surface area (Å²) in [7, 11) is 0. The second-order valence-electron chi connectivity index (χ2n) is 8.82. The summed E-state index contributed by atoms with van der Waals surface area (Å²) in [5, 5.41) is 18.2. The summed E-state index contributed by atoms with van der Waals surface area (Å²) in [6.07, 6.45) is 6.55. The van der Waals surface area contributed by atoms with Crippen molar-refractivity contribution in [3.05, 3.63) is 62.0 Å². The summed E-state index contributed by atoms with van der Waals surface area (Å²) in [6.45, 7) is 6.88. The topological polar surface area (TPSA) is 84.3 Å². The second-order valence-corrected chi connectivity index (χ2v) is 9.92. The Morgan fingerprint density at radius 1 is 1.21 bits per heavy atom. The third-order valence-electron chi connectivity index (χ3n) is 5.88. The first kappa shape index (κ1) is 19.6. The van der Waals surface area contributed by atoms with Crippen molar-refractivity contribution in [1.29, 1.82) is 0 Å². The number of nitro groups is 1. The highest BCUT2D eigenvalue weighted by atomic mass is 32.1. The number of benzene rings is 1. The predicted molar refractivity (Wildman–Crippen MR) is 116 cm³/mol. The van der Waals surface area contributed by atoms with E-state index in [4.69, 9.17) is 0 Å². The summed E-state index contributed by atoms with van der Waals surface area (Å²) in [4.78, 5) is 24.5. The van der Waals surface area contributed by atoms with Crippen molar-refractivity contribution >= 4 is 34.0 Å². The molecule has 1 amide bonds. The largest absolute Gasteiger partial charge is 0.353 e. The zero-order valence-electron chi connectivity index (χ0n) is 16.8. The molecule has 2 aromatic rings. The number of fused-ring (bicyclic) bond motifs is 3. The van der Waals surface area contributed by atoms with E-state index in [2.05, 4.69) is 31.4 Å². The SMILES string of the molecule is CC(C)(C)[C@@H]1CCc2c(sc3c2C(=O)N[C@@H](/C=C/c2ccc([N+](=O)[O-])cc2)N3)C1. The number of nitrogens with one attached hydrogen (secondary N) is 2. The first-order chi connectivity index (χ1) is 13.7. The fourth-order valence-corrected chi connectivity index (χ4v) is 5.43. The van der Waals surface area contributed by atoms with Crippen LogP contribution in [0, 0.1) is 21.4 Å². The van der Waals surface area contributed by atoms with Gasteiger partial charge in [-0.05, 0) is 59.9 Å². The molecule has 2 aliphatic rings. The van der Waals surface area contributed by atoms with Crippen LogP contribution in [0.15, 0.2) is 30.3 Å². The standard InChI is InChI=1S/C22H25N3O3S/c1-22(2,3)14-7-10-16-17(12-14)29-21-19(16)20(26)23-18(24-21)11-6-13-4-8-15(9-5-13)25(27)28/h4-6,8-9,11,14,18,24H,7,10,12H2,1-3H3,(H,23,26)/b11-6+/t14-,18-/m1/s1. The molecule has 0 fully saturated rings. The van der Waals surface area contributed by atoms with E-state index in [1.54, 1.807) is 23.5 Å². The number of non-ortho nitro benzene ring substituents is 1. The van der Waals surface area contributed by atoms with Gasteiger partial charge in [0.2, 0.25) is 0 Å². The van der Waals surface area contributed by atoms with Crippen molar-refractivity contribution in [2.24, 2.45) is 11.3 Å². The zero-order valence-corrected chi connectivity index (χ0v) is 17.6. The maximum absolute atomic E-state index is 12.8. The number of rotatable bonds is 3. The lowest BCUT2D eigenvalue weighted by molar-refractivity contribution is -0.384. The highest BCUT2D eigenvalue weighted by Gasteiger charge is 2.35. The average molecular weight is 412 g/mol. The monoisotopic (exact) mass is 411 g/mol. The maximum atomic E-state index is 12.8. The van der Waals surface area contributed by atoms with Crippen molar-refractivity contribution in [2.45, 2.75) is 46.2 Å². The molecule has 2 N–H and O–H groups in total. The molecule has 2 atom stereocenters.